The van der Waals surface area contributed by atoms with E-state index in [9.17, 15) is 0 Å². The van der Waals surface area contributed by atoms with Crippen LogP contribution in [0.1, 0.15) is 0 Å². The molecule has 0 radical (unpaired) electrons. The molecule has 1 aromatic heterocycles. The summed E-state index contributed by atoms with van der Waals surface area (Å²) in [5, 5.41) is 5.41. The summed E-state index contributed by atoms with van der Waals surface area (Å²) in [5.74, 6) is 2.17. The Morgan fingerprint density at radius 3 is 2.42 bits per heavy atom. The van der Waals surface area contributed by atoms with E-state index in [0.29, 0.717) is 11.5 Å². The molecule has 0 atom stereocenters. The van der Waals surface area contributed by atoms with Gasteiger partial charge in [0.25, 0.3) is 0 Å². The molecule has 5 nitrogen and oxygen atoms in total. The molecule has 124 valence electrons. The van der Waals surface area contributed by atoms with Crippen molar-refractivity contribution in [2.24, 2.45) is 0 Å². The number of hydrogen-bond donors (Lipinski definition) is 1. The fourth-order valence-electron chi connectivity index (χ4n) is 2.60. The molecule has 0 amide bonds. The van der Waals surface area contributed by atoms with Crippen LogP contribution in [0.15, 0.2) is 48.7 Å². The maximum absolute atomic E-state index is 5.41. The topological polar surface area (TPSA) is 46.6 Å². The van der Waals surface area contributed by atoms with Gasteiger partial charge >= 0.3 is 0 Å². The summed E-state index contributed by atoms with van der Waals surface area (Å²) in [4.78, 5) is 6.55. The Morgan fingerprint density at radius 1 is 0.958 bits per heavy atom. The number of methoxy groups -OCH3 is 2. The van der Waals surface area contributed by atoms with E-state index in [1.54, 1.807) is 20.4 Å². The maximum Gasteiger partial charge on any atom is 0.161 e. The van der Waals surface area contributed by atoms with Crippen LogP contribution < -0.4 is 19.7 Å². The van der Waals surface area contributed by atoms with Crippen molar-refractivity contribution in [3.8, 4) is 11.5 Å². The van der Waals surface area contributed by atoms with Gasteiger partial charge in [-0.2, -0.15) is 0 Å². The minimum Gasteiger partial charge on any atom is -0.493 e. The molecule has 3 rings (SSSR count). The van der Waals surface area contributed by atoms with Gasteiger partial charge < -0.3 is 19.7 Å². The monoisotopic (exact) mass is 323 g/mol. The van der Waals surface area contributed by atoms with Gasteiger partial charge in [0, 0.05) is 37.1 Å². The van der Waals surface area contributed by atoms with Gasteiger partial charge in [-0.1, -0.05) is 6.07 Å². The Labute approximate surface area is 141 Å². The fourth-order valence-corrected chi connectivity index (χ4v) is 2.60. The molecular formula is C19H21N3O2. The molecule has 2 aromatic carbocycles. The molecule has 0 aliphatic carbocycles. The number of aromatic nitrogens is 1. The zero-order valence-electron chi connectivity index (χ0n) is 14.3. The van der Waals surface area contributed by atoms with Crippen LogP contribution >= 0.6 is 0 Å². The smallest absolute Gasteiger partial charge is 0.161 e. The summed E-state index contributed by atoms with van der Waals surface area (Å²) in [5.41, 5.74) is 2.11. The van der Waals surface area contributed by atoms with E-state index in [4.69, 9.17) is 9.47 Å². The second-order valence-electron chi connectivity index (χ2n) is 5.66. The van der Waals surface area contributed by atoms with Crippen LogP contribution in [0.2, 0.25) is 0 Å². The Balaban J connectivity index is 2.05. The van der Waals surface area contributed by atoms with Crippen molar-refractivity contribution >= 4 is 28.0 Å². The third kappa shape index (κ3) is 3.06. The van der Waals surface area contributed by atoms with Crippen LogP contribution in [-0.4, -0.2) is 33.3 Å². The van der Waals surface area contributed by atoms with E-state index < -0.39 is 0 Å². The lowest BCUT2D eigenvalue weighted by molar-refractivity contribution is 0.356. The summed E-state index contributed by atoms with van der Waals surface area (Å²) in [6.07, 6.45) is 1.78. The summed E-state index contributed by atoms with van der Waals surface area (Å²) >= 11 is 0. The van der Waals surface area contributed by atoms with Crippen LogP contribution in [0.3, 0.4) is 0 Å². The third-order valence-electron chi connectivity index (χ3n) is 3.89. The van der Waals surface area contributed by atoms with E-state index in [-0.39, 0.29) is 0 Å². The number of ether oxygens (including phenoxy) is 2. The van der Waals surface area contributed by atoms with Gasteiger partial charge in [0.15, 0.2) is 11.5 Å². The molecule has 0 bridgehead atoms. The number of hydrogen-bond acceptors (Lipinski definition) is 5. The standard InChI is InChI=1S/C19H21N3O2/c1-22(2)15-7-5-6-14(11-15)21-19-16-12-18(24-4)17(23-3)10-13(16)8-9-20-19/h5-12H,1-4H3,(H,20,21). The molecule has 3 aromatic rings. The first-order valence-corrected chi connectivity index (χ1v) is 7.67. The van der Waals surface area contributed by atoms with Crippen LogP contribution in [0.25, 0.3) is 10.8 Å². The van der Waals surface area contributed by atoms with E-state index in [2.05, 4.69) is 27.3 Å². The van der Waals surface area contributed by atoms with Gasteiger partial charge in [-0.05, 0) is 41.8 Å². The quantitative estimate of drug-likeness (QED) is 0.767. The van der Waals surface area contributed by atoms with Crippen molar-refractivity contribution in [3.05, 3.63) is 48.7 Å². The second-order valence-corrected chi connectivity index (χ2v) is 5.66. The van der Waals surface area contributed by atoms with Gasteiger partial charge in [-0.25, -0.2) is 4.98 Å². The van der Waals surface area contributed by atoms with Crippen molar-refractivity contribution in [2.45, 2.75) is 0 Å². The lowest BCUT2D eigenvalue weighted by atomic mass is 10.1. The first-order valence-electron chi connectivity index (χ1n) is 7.67. The van der Waals surface area contributed by atoms with Crippen molar-refractivity contribution in [3.63, 3.8) is 0 Å². The van der Waals surface area contributed by atoms with E-state index in [0.717, 1.165) is 28.0 Å². The van der Waals surface area contributed by atoms with E-state index in [1.807, 2.05) is 44.4 Å². The molecule has 0 saturated carbocycles. The zero-order chi connectivity index (χ0) is 17.1. The van der Waals surface area contributed by atoms with Crippen molar-refractivity contribution < 1.29 is 9.47 Å². The maximum atomic E-state index is 5.41. The highest BCUT2D eigenvalue weighted by atomic mass is 16.5. The molecule has 0 fully saturated rings. The highest BCUT2D eigenvalue weighted by molar-refractivity contribution is 5.95. The van der Waals surface area contributed by atoms with Crippen molar-refractivity contribution in [1.29, 1.82) is 0 Å². The number of rotatable bonds is 5. The van der Waals surface area contributed by atoms with Gasteiger partial charge in [-0.15, -0.1) is 0 Å². The number of fused-ring (bicyclic) bond motifs is 1. The Morgan fingerprint density at radius 2 is 1.71 bits per heavy atom. The van der Waals surface area contributed by atoms with Crippen LogP contribution in [-0.2, 0) is 0 Å². The summed E-state index contributed by atoms with van der Waals surface area (Å²) in [6.45, 7) is 0. The van der Waals surface area contributed by atoms with Crippen LogP contribution in [0.5, 0.6) is 11.5 Å². The molecule has 1 N–H and O–H groups in total. The third-order valence-corrected chi connectivity index (χ3v) is 3.89. The first-order chi connectivity index (χ1) is 11.6. The average Bonchev–Trinajstić information content (AvgIpc) is 2.61. The number of benzene rings is 2. The van der Waals surface area contributed by atoms with Gasteiger partial charge in [0.2, 0.25) is 0 Å². The summed E-state index contributed by atoms with van der Waals surface area (Å²) < 4.78 is 10.8. The first kappa shape index (κ1) is 15.9. The molecular weight excluding hydrogens is 302 g/mol. The van der Waals surface area contributed by atoms with Gasteiger partial charge in [-0.3, -0.25) is 0 Å². The second kappa shape index (κ2) is 6.66. The molecule has 0 saturated heterocycles. The van der Waals surface area contributed by atoms with Crippen LogP contribution in [0, 0.1) is 0 Å². The Bertz CT molecular complexity index is 862. The molecule has 0 unspecified atom stereocenters. The number of pyridine rings is 1. The minimum absolute atomic E-state index is 0.683. The Hall–Kier alpha value is -2.95. The SMILES string of the molecule is COc1cc2ccnc(Nc3cccc(N(C)C)c3)c2cc1OC. The zero-order valence-corrected chi connectivity index (χ0v) is 14.3. The molecule has 5 heteroatoms. The molecule has 0 aliphatic heterocycles. The highest BCUT2D eigenvalue weighted by Gasteiger charge is 2.10. The largest absolute Gasteiger partial charge is 0.493 e. The number of nitrogens with one attached hydrogen (secondary N) is 1. The molecule has 1 heterocycles. The van der Waals surface area contributed by atoms with Gasteiger partial charge in [0.1, 0.15) is 5.82 Å². The number of anilines is 3. The Kier molecular flexibility index (Phi) is 4.42. The lowest BCUT2D eigenvalue weighted by Gasteiger charge is -2.15. The summed E-state index contributed by atoms with van der Waals surface area (Å²) in [7, 11) is 7.31. The normalized spacial score (nSPS) is 10.5. The molecule has 24 heavy (non-hydrogen) atoms. The molecule has 0 aliphatic rings. The number of nitrogens with zero attached hydrogens (tertiary/aromatic N) is 2. The van der Waals surface area contributed by atoms with E-state index >= 15 is 0 Å². The predicted molar refractivity (Wildman–Crippen MR) is 98.9 cm³/mol. The predicted octanol–water partition coefficient (Wildman–Crippen LogP) is 4.06. The fraction of sp³-hybridized carbons (Fsp3) is 0.211. The summed E-state index contributed by atoms with van der Waals surface area (Å²) in [6, 6.07) is 14.0. The van der Waals surface area contributed by atoms with Crippen LogP contribution in [0.4, 0.5) is 17.2 Å². The highest BCUT2D eigenvalue weighted by Crippen LogP contribution is 2.35. The average molecular weight is 323 g/mol. The van der Waals surface area contributed by atoms with E-state index in [1.165, 1.54) is 0 Å². The van der Waals surface area contributed by atoms with Crippen molar-refractivity contribution in [1.82, 2.24) is 4.98 Å². The van der Waals surface area contributed by atoms with Gasteiger partial charge in [0.05, 0.1) is 14.2 Å². The minimum atomic E-state index is 0.683. The molecule has 0 spiro atoms. The van der Waals surface area contributed by atoms with Crippen molar-refractivity contribution in [2.75, 3.05) is 38.5 Å². The lowest BCUT2D eigenvalue weighted by Crippen LogP contribution is -2.08.